The molecule has 0 saturated carbocycles. The van der Waals surface area contributed by atoms with E-state index in [1.165, 1.54) is 0 Å². The molecule has 0 spiro atoms. The van der Waals surface area contributed by atoms with Gasteiger partial charge in [0.2, 0.25) is 5.95 Å². The summed E-state index contributed by atoms with van der Waals surface area (Å²) in [4.78, 5) is 12.2. The monoisotopic (exact) mass is 234 g/mol. The molecule has 0 fully saturated rings. The van der Waals surface area contributed by atoms with Crippen molar-refractivity contribution in [3.8, 4) is 0 Å². The summed E-state index contributed by atoms with van der Waals surface area (Å²) < 4.78 is 1.68. The molecule has 2 aromatic heterocycles. The Hall–Kier alpha value is -2.22. The summed E-state index contributed by atoms with van der Waals surface area (Å²) in [5.74, 6) is 7.11. The van der Waals surface area contributed by atoms with Crippen LogP contribution in [0.5, 0.6) is 0 Å². The number of rotatable bonds is 5. The number of hydrogen-bond acceptors (Lipinski definition) is 7. The highest BCUT2D eigenvalue weighted by molar-refractivity contribution is 5.38. The lowest BCUT2D eigenvalue weighted by Gasteiger charge is -2.04. The van der Waals surface area contributed by atoms with Crippen LogP contribution in [0.3, 0.4) is 0 Å². The fourth-order valence-corrected chi connectivity index (χ4v) is 1.33. The molecule has 90 valence electrons. The Morgan fingerprint density at radius 3 is 3.00 bits per heavy atom. The maximum Gasteiger partial charge on any atom is 0.239 e. The highest BCUT2D eigenvalue weighted by Gasteiger charge is 2.00. The van der Waals surface area contributed by atoms with Gasteiger partial charge in [0.25, 0.3) is 0 Å². The van der Waals surface area contributed by atoms with Crippen LogP contribution >= 0.6 is 0 Å². The van der Waals surface area contributed by atoms with Crippen LogP contribution in [0.4, 0.5) is 11.8 Å². The summed E-state index contributed by atoms with van der Waals surface area (Å²) in [6.45, 7) is 0.699. The average molecular weight is 234 g/mol. The van der Waals surface area contributed by atoms with Crippen molar-refractivity contribution in [3.63, 3.8) is 0 Å². The van der Waals surface area contributed by atoms with E-state index in [9.17, 15) is 0 Å². The van der Waals surface area contributed by atoms with Crippen molar-refractivity contribution in [3.05, 3.63) is 24.4 Å². The van der Waals surface area contributed by atoms with Crippen LogP contribution in [0, 0.1) is 0 Å². The lowest BCUT2D eigenvalue weighted by Crippen LogP contribution is -2.12. The Bertz CT molecular complexity index is 479. The number of anilines is 2. The van der Waals surface area contributed by atoms with Crippen LogP contribution in [-0.4, -0.2) is 31.3 Å². The van der Waals surface area contributed by atoms with Gasteiger partial charge in [-0.15, -0.1) is 0 Å². The van der Waals surface area contributed by atoms with Gasteiger partial charge in [0.15, 0.2) is 5.82 Å². The highest BCUT2D eigenvalue weighted by atomic mass is 15.3. The number of hydrogen-bond donors (Lipinski definition) is 3. The molecule has 2 aromatic rings. The minimum Gasteiger partial charge on any atom is -0.369 e. The molecule has 0 saturated heterocycles. The van der Waals surface area contributed by atoms with Crippen molar-refractivity contribution in [2.75, 3.05) is 17.3 Å². The first-order valence-electron chi connectivity index (χ1n) is 5.16. The minimum atomic E-state index is 0.381. The van der Waals surface area contributed by atoms with Crippen molar-refractivity contribution in [2.45, 2.75) is 6.42 Å². The van der Waals surface area contributed by atoms with Crippen LogP contribution in [-0.2, 0) is 13.5 Å². The second kappa shape index (κ2) is 5.21. The van der Waals surface area contributed by atoms with Crippen molar-refractivity contribution in [1.82, 2.24) is 24.7 Å². The molecule has 0 amide bonds. The van der Waals surface area contributed by atoms with Crippen LogP contribution in [0.2, 0.25) is 0 Å². The van der Waals surface area contributed by atoms with Gasteiger partial charge in [-0.3, -0.25) is 10.1 Å². The number of hydrazine groups is 1. The average Bonchev–Trinajstić information content (AvgIpc) is 2.75. The standard InChI is InChI=1S/C9H14N8/c1-17-6-13-8(16-17)3-4-11-7-2-5-12-9(14-7)15-10/h2,5-6H,3-4,10H2,1H3,(H2,11,12,14,15). The maximum atomic E-state index is 5.22. The second-order valence-electron chi connectivity index (χ2n) is 3.42. The van der Waals surface area contributed by atoms with E-state index in [0.717, 1.165) is 12.2 Å². The molecule has 0 aliphatic heterocycles. The summed E-state index contributed by atoms with van der Waals surface area (Å²) in [5.41, 5.74) is 2.39. The quantitative estimate of drug-likeness (QED) is 0.475. The van der Waals surface area contributed by atoms with Gasteiger partial charge in [0.05, 0.1) is 0 Å². The van der Waals surface area contributed by atoms with Gasteiger partial charge in [-0.25, -0.2) is 15.8 Å². The normalized spacial score (nSPS) is 10.2. The first-order chi connectivity index (χ1) is 8.28. The number of aromatic nitrogens is 5. The highest BCUT2D eigenvalue weighted by Crippen LogP contribution is 2.04. The predicted molar refractivity (Wildman–Crippen MR) is 63.0 cm³/mol. The summed E-state index contributed by atoms with van der Waals surface area (Å²) in [6, 6.07) is 1.77. The van der Waals surface area contributed by atoms with Crippen molar-refractivity contribution >= 4 is 11.8 Å². The Balaban J connectivity index is 1.85. The molecule has 0 aliphatic carbocycles. The lowest BCUT2D eigenvalue weighted by atomic mass is 10.4. The lowest BCUT2D eigenvalue weighted by molar-refractivity contribution is 0.741. The van der Waals surface area contributed by atoms with Gasteiger partial charge in [0, 0.05) is 26.2 Å². The van der Waals surface area contributed by atoms with Gasteiger partial charge in [0.1, 0.15) is 12.1 Å². The summed E-state index contributed by atoms with van der Waals surface area (Å²) in [6.07, 6.45) is 4.04. The molecular weight excluding hydrogens is 220 g/mol. The fourth-order valence-electron chi connectivity index (χ4n) is 1.33. The second-order valence-corrected chi connectivity index (χ2v) is 3.42. The third kappa shape index (κ3) is 3.11. The number of nitrogens with zero attached hydrogens (tertiary/aromatic N) is 5. The molecule has 0 radical (unpaired) electrons. The third-order valence-corrected chi connectivity index (χ3v) is 2.09. The maximum absolute atomic E-state index is 5.22. The molecule has 0 bridgehead atoms. The van der Waals surface area contributed by atoms with Gasteiger partial charge in [-0.05, 0) is 6.07 Å². The van der Waals surface area contributed by atoms with E-state index in [2.05, 4.69) is 30.8 Å². The molecule has 8 nitrogen and oxygen atoms in total. The third-order valence-electron chi connectivity index (χ3n) is 2.09. The van der Waals surface area contributed by atoms with Crippen molar-refractivity contribution in [2.24, 2.45) is 12.9 Å². The molecule has 2 heterocycles. The summed E-state index contributed by atoms with van der Waals surface area (Å²) >= 11 is 0. The smallest absolute Gasteiger partial charge is 0.239 e. The number of aryl methyl sites for hydroxylation is 1. The molecule has 0 atom stereocenters. The van der Waals surface area contributed by atoms with Gasteiger partial charge in [-0.2, -0.15) is 10.1 Å². The minimum absolute atomic E-state index is 0.381. The van der Waals surface area contributed by atoms with Crippen LogP contribution in [0.25, 0.3) is 0 Å². The van der Waals surface area contributed by atoms with E-state index >= 15 is 0 Å². The first-order valence-corrected chi connectivity index (χ1v) is 5.16. The van der Waals surface area contributed by atoms with Gasteiger partial charge in [-0.1, -0.05) is 0 Å². The molecule has 0 unspecified atom stereocenters. The van der Waals surface area contributed by atoms with E-state index in [-0.39, 0.29) is 0 Å². The fraction of sp³-hybridized carbons (Fsp3) is 0.333. The Kier molecular flexibility index (Phi) is 3.46. The Morgan fingerprint density at radius 2 is 2.29 bits per heavy atom. The molecule has 0 aliphatic rings. The molecule has 8 heteroatoms. The Morgan fingerprint density at radius 1 is 1.41 bits per heavy atom. The molecule has 2 rings (SSSR count). The van der Waals surface area contributed by atoms with E-state index < -0.39 is 0 Å². The zero-order valence-electron chi connectivity index (χ0n) is 9.46. The van der Waals surface area contributed by atoms with E-state index in [1.54, 1.807) is 23.3 Å². The molecular formula is C9H14N8. The predicted octanol–water partition coefficient (Wildman–Crippen LogP) is -0.455. The summed E-state index contributed by atoms with van der Waals surface area (Å²) in [7, 11) is 1.84. The van der Waals surface area contributed by atoms with Crippen LogP contribution in [0.15, 0.2) is 18.6 Å². The van der Waals surface area contributed by atoms with Crippen LogP contribution < -0.4 is 16.6 Å². The molecule has 17 heavy (non-hydrogen) atoms. The van der Waals surface area contributed by atoms with Crippen molar-refractivity contribution < 1.29 is 0 Å². The first kappa shape index (κ1) is 11.3. The zero-order valence-corrected chi connectivity index (χ0v) is 9.46. The van der Waals surface area contributed by atoms with Crippen molar-refractivity contribution in [1.29, 1.82) is 0 Å². The van der Waals surface area contributed by atoms with E-state index in [0.29, 0.717) is 18.3 Å². The molecule has 0 aromatic carbocycles. The van der Waals surface area contributed by atoms with Crippen LogP contribution in [0.1, 0.15) is 5.82 Å². The Labute approximate surface area is 98.3 Å². The van der Waals surface area contributed by atoms with E-state index in [4.69, 9.17) is 5.84 Å². The summed E-state index contributed by atoms with van der Waals surface area (Å²) in [5, 5.41) is 7.32. The number of nitrogens with one attached hydrogen (secondary N) is 2. The number of nitrogens with two attached hydrogens (primary N) is 1. The number of nitrogen functional groups attached to an aromatic ring is 1. The SMILES string of the molecule is Cn1cnc(CCNc2ccnc(NN)n2)n1. The zero-order chi connectivity index (χ0) is 12.1. The van der Waals surface area contributed by atoms with Gasteiger partial charge >= 0.3 is 0 Å². The largest absolute Gasteiger partial charge is 0.369 e. The topological polar surface area (TPSA) is 107 Å². The molecule has 4 N–H and O–H groups in total. The van der Waals surface area contributed by atoms with Gasteiger partial charge < -0.3 is 5.32 Å². The van der Waals surface area contributed by atoms with E-state index in [1.807, 2.05) is 7.05 Å².